The van der Waals surface area contributed by atoms with Gasteiger partial charge in [0.25, 0.3) is 5.78 Å². The van der Waals surface area contributed by atoms with Gasteiger partial charge in [0.15, 0.2) is 5.13 Å². The third-order valence-corrected chi connectivity index (χ3v) is 7.02. The molecule has 1 fully saturated rings. The van der Waals surface area contributed by atoms with Crippen LogP contribution in [-0.2, 0) is 14.3 Å². The number of hydrogen-bond donors (Lipinski definition) is 1. The molecule has 1 aromatic heterocycles. The minimum Gasteiger partial charge on any atom is -0.507 e. The second-order valence-electron chi connectivity index (χ2n) is 8.16. The van der Waals surface area contributed by atoms with E-state index in [1.807, 2.05) is 26.0 Å². The molecular formula is C26H24N2O6S. The van der Waals surface area contributed by atoms with Gasteiger partial charge < -0.3 is 14.6 Å². The van der Waals surface area contributed by atoms with Crippen LogP contribution in [0.3, 0.4) is 0 Å². The van der Waals surface area contributed by atoms with Crippen LogP contribution >= 0.6 is 11.3 Å². The standard InChI is InChI=1S/C26H24N2O6S/c1-13-6-7-14(2)18(12-13)21(29)19-20(16-8-10-17(33-4)11-9-16)28(24(31)22(19)30)26-27-15(3)23(35-26)25(32)34-5/h6-12,20,29H,1-5H3. The Morgan fingerprint density at radius 2 is 1.74 bits per heavy atom. The van der Waals surface area contributed by atoms with Crippen molar-refractivity contribution in [1.29, 1.82) is 0 Å². The molecule has 0 spiro atoms. The molecule has 35 heavy (non-hydrogen) atoms. The number of aliphatic hydroxyl groups excluding tert-OH is 1. The van der Waals surface area contributed by atoms with E-state index in [2.05, 4.69) is 4.98 Å². The second kappa shape index (κ2) is 9.34. The number of aryl methyl sites for hydroxylation is 3. The summed E-state index contributed by atoms with van der Waals surface area (Å²) in [5.74, 6) is -1.94. The summed E-state index contributed by atoms with van der Waals surface area (Å²) < 4.78 is 10.1. The number of anilines is 1. The summed E-state index contributed by atoms with van der Waals surface area (Å²) in [5, 5.41) is 11.5. The minimum atomic E-state index is -0.961. The normalized spacial score (nSPS) is 17.1. The van der Waals surface area contributed by atoms with Gasteiger partial charge in [-0.15, -0.1) is 0 Å². The van der Waals surface area contributed by atoms with Crippen molar-refractivity contribution < 1.29 is 29.0 Å². The van der Waals surface area contributed by atoms with E-state index in [1.165, 1.54) is 19.1 Å². The van der Waals surface area contributed by atoms with Crippen LogP contribution in [0.4, 0.5) is 5.13 Å². The largest absolute Gasteiger partial charge is 0.507 e. The first-order valence-corrected chi connectivity index (χ1v) is 11.6. The van der Waals surface area contributed by atoms with E-state index in [1.54, 1.807) is 37.3 Å². The van der Waals surface area contributed by atoms with Crippen molar-refractivity contribution in [3.05, 3.63) is 80.9 Å². The molecule has 8 nitrogen and oxygen atoms in total. The Morgan fingerprint density at radius 3 is 2.37 bits per heavy atom. The van der Waals surface area contributed by atoms with Gasteiger partial charge in [-0.05, 0) is 50.1 Å². The molecule has 1 unspecified atom stereocenters. The van der Waals surface area contributed by atoms with E-state index in [-0.39, 0.29) is 21.3 Å². The highest BCUT2D eigenvalue weighted by molar-refractivity contribution is 7.17. The van der Waals surface area contributed by atoms with Gasteiger partial charge in [0.05, 0.1) is 31.5 Å². The number of ether oxygens (including phenoxy) is 2. The fraction of sp³-hybridized carbons (Fsp3) is 0.231. The Labute approximate surface area is 206 Å². The molecule has 0 radical (unpaired) electrons. The number of rotatable bonds is 5. The third-order valence-electron chi connectivity index (χ3n) is 5.89. The van der Waals surface area contributed by atoms with Crippen LogP contribution in [0.2, 0.25) is 0 Å². The van der Waals surface area contributed by atoms with Gasteiger partial charge in [-0.2, -0.15) is 0 Å². The van der Waals surface area contributed by atoms with Crippen LogP contribution in [0, 0.1) is 20.8 Å². The number of esters is 1. The van der Waals surface area contributed by atoms with Crippen molar-refractivity contribution in [3.63, 3.8) is 0 Å². The van der Waals surface area contributed by atoms with E-state index in [9.17, 15) is 19.5 Å². The average Bonchev–Trinajstić information content (AvgIpc) is 3.36. The molecule has 0 aliphatic carbocycles. The van der Waals surface area contributed by atoms with Gasteiger partial charge in [-0.1, -0.05) is 41.2 Å². The monoisotopic (exact) mass is 492 g/mol. The fourth-order valence-electron chi connectivity index (χ4n) is 4.03. The van der Waals surface area contributed by atoms with Crippen LogP contribution in [-0.4, -0.2) is 42.0 Å². The number of amides is 1. The number of thiazole rings is 1. The molecule has 1 N–H and O–H groups in total. The van der Waals surface area contributed by atoms with Crippen molar-refractivity contribution in [2.75, 3.05) is 19.1 Å². The van der Waals surface area contributed by atoms with E-state index < -0.39 is 23.7 Å². The summed E-state index contributed by atoms with van der Waals surface area (Å²) >= 11 is 0.955. The summed E-state index contributed by atoms with van der Waals surface area (Å²) in [6, 6.07) is 11.4. The van der Waals surface area contributed by atoms with E-state index in [0.717, 1.165) is 22.5 Å². The molecule has 1 amide bonds. The van der Waals surface area contributed by atoms with Crippen molar-refractivity contribution in [2.24, 2.45) is 0 Å². The van der Waals surface area contributed by atoms with Gasteiger partial charge in [0, 0.05) is 5.56 Å². The van der Waals surface area contributed by atoms with E-state index >= 15 is 0 Å². The number of ketones is 1. The highest BCUT2D eigenvalue weighted by Gasteiger charge is 2.48. The Bertz CT molecular complexity index is 1370. The predicted molar refractivity (Wildman–Crippen MR) is 132 cm³/mol. The van der Waals surface area contributed by atoms with Crippen molar-refractivity contribution in [1.82, 2.24) is 4.98 Å². The summed E-state index contributed by atoms with van der Waals surface area (Å²) in [6.07, 6.45) is 0. The smallest absolute Gasteiger partial charge is 0.350 e. The van der Waals surface area contributed by atoms with Gasteiger partial charge >= 0.3 is 11.9 Å². The van der Waals surface area contributed by atoms with Crippen LogP contribution in [0.15, 0.2) is 48.0 Å². The molecule has 9 heteroatoms. The summed E-state index contributed by atoms with van der Waals surface area (Å²) in [6.45, 7) is 5.32. The van der Waals surface area contributed by atoms with Crippen molar-refractivity contribution in [2.45, 2.75) is 26.8 Å². The molecule has 1 aliphatic rings. The number of Topliss-reactive ketones (excluding diaryl/α,β-unsaturated/α-hetero) is 1. The fourth-order valence-corrected chi connectivity index (χ4v) is 5.05. The zero-order valence-electron chi connectivity index (χ0n) is 19.9. The van der Waals surface area contributed by atoms with Gasteiger partial charge in [-0.25, -0.2) is 9.78 Å². The number of nitrogens with zero attached hydrogens (tertiary/aromatic N) is 2. The molecule has 2 heterocycles. The topological polar surface area (TPSA) is 106 Å². The maximum absolute atomic E-state index is 13.3. The molecule has 1 saturated heterocycles. The zero-order valence-corrected chi connectivity index (χ0v) is 20.7. The van der Waals surface area contributed by atoms with Gasteiger partial charge in [-0.3, -0.25) is 14.5 Å². The lowest BCUT2D eigenvalue weighted by Gasteiger charge is -2.23. The first kappa shape index (κ1) is 24.2. The number of hydrogen-bond acceptors (Lipinski definition) is 8. The van der Waals surface area contributed by atoms with Crippen LogP contribution < -0.4 is 9.64 Å². The predicted octanol–water partition coefficient (Wildman–Crippen LogP) is 4.49. The lowest BCUT2D eigenvalue weighted by atomic mass is 9.93. The quantitative estimate of drug-likeness (QED) is 0.242. The minimum absolute atomic E-state index is 0.0543. The molecule has 0 saturated carbocycles. The Balaban J connectivity index is 1.96. The number of methoxy groups -OCH3 is 2. The lowest BCUT2D eigenvalue weighted by Crippen LogP contribution is -2.29. The number of carbonyl (C=O) groups excluding carboxylic acids is 3. The lowest BCUT2D eigenvalue weighted by molar-refractivity contribution is -0.132. The number of aromatic nitrogens is 1. The first-order valence-electron chi connectivity index (χ1n) is 10.8. The Morgan fingerprint density at radius 1 is 1.06 bits per heavy atom. The molecule has 180 valence electrons. The van der Waals surface area contributed by atoms with Gasteiger partial charge in [0.2, 0.25) is 0 Å². The Hall–Kier alpha value is -3.98. The van der Waals surface area contributed by atoms with E-state index in [4.69, 9.17) is 9.47 Å². The molecular weight excluding hydrogens is 468 g/mol. The molecule has 3 aromatic rings. The SMILES string of the molecule is COC(=O)c1sc(N2C(=O)C(=O)C(=C(O)c3cc(C)ccc3C)C2c2ccc(OC)cc2)nc1C. The zero-order chi connectivity index (χ0) is 25.4. The van der Waals surface area contributed by atoms with Crippen molar-refractivity contribution >= 4 is 39.9 Å². The number of aliphatic hydroxyl groups is 1. The van der Waals surface area contributed by atoms with Crippen LogP contribution in [0.25, 0.3) is 5.76 Å². The molecule has 0 bridgehead atoms. The maximum Gasteiger partial charge on any atom is 0.350 e. The molecule has 1 atom stereocenters. The molecule has 1 aliphatic heterocycles. The second-order valence-corrected chi connectivity index (χ2v) is 9.14. The summed E-state index contributed by atoms with van der Waals surface area (Å²) in [4.78, 5) is 44.7. The van der Waals surface area contributed by atoms with E-state index in [0.29, 0.717) is 22.6 Å². The summed E-state index contributed by atoms with van der Waals surface area (Å²) in [7, 11) is 2.79. The highest BCUT2D eigenvalue weighted by atomic mass is 32.1. The summed E-state index contributed by atoms with van der Waals surface area (Å²) in [5.41, 5.74) is 3.01. The third kappa shape index (κ3) is 4.19. The highest BCUT2D eigenvalue weighted by Crippen LogP contribution is 2.44. The van der Waals surface area contributed by atoms with Gasteiger partial charge in [0.1, 0.15) is 16.4 Å². The maximum atomic E-state index is 13.3. The average molecular weight is 493 g/mol. The molecule has 2 aromatic carbocycles. The Kier molecular flexibility index (Phi) is 6.45. The number of benzene rings is 2. The van der Waals surface area contributed by atoms with Crippen LogP contribution in [0.1, 0.15) is 43.7 Å². The molecule has 4 rings (SSSR count). The number of carbonyl (C=O) groups is 3. The first-order chi connectivity index (χ1) is 16.7. The van der Waals surface area contributed by atoms with Crippen molar-refractivity contribution in [3.8, 4) is 5.75 Å². The van der Waals surface area contributed by atoms with Crippen LogP contribution in [0.5, 0.6) is 5.75 Å².